The van der Waals surface area contributed by atoms with Gasteiger partial charge in [-0.2, -0.15) is 14.8 Å². The molecule has 178 valence electrons. The zero-order valence-corrected chi connectivity index (χ0v) is 20.2. The van der Waals surface area contributed by atoms with E-state index in [1.54, 1.807) is 6.07 Å². The van der Waals surface area contributed by atoms with Gasteiger partial charge in [-0.1, -0.05) is 20.2 Å². The molecule has 1 heterocycles. The minimum atomic E-state index is -4.16. The summed E-state index contributed by atoms with van der Waals surface area (Å²) in [5, 5.41) is 21.2. The number of nitrogens with zero attached hydrogens (tertiary/aromatic N) is 3. The molecular weight excluding hydrogens is 506 g/mol. The van der Waals surface area contributed by atoms with Gasteiger partial charge in [0.25, 0.3) is 0 Å². The fraction of sp³-hybridized carbons (Fsp3) is 0.286. The maximum atomic E-state index is 14.0. The van der Waals surface area contributed by atoms with Crippen LogP contribution in [0.3, 0.4) is 0 Å². The third-order valence-corrected chi connectivity index (χ3v) is 8.05. The first-order chi connectivity index (χ1) is 16.2. The van der Waals surface area contributed by atoms with Crippen molar-refractivity contribution in [1.82, 2.24) is 9.62 Å². The van der Waals surface area contributed by atoms with E-state index in [0.29, 0.717) is 0 Å². The van der Waals surface area contributed by atoms with Crippen LogP contribution in [-0.2, 0) is 19.6 Å². The molecule has 13 heteroatoms. The number of carbonyl (C=O) groups excluding carboxylic acids is 1. The number of carbonyl (C=O) groups is 1. The van der Waals surface area contributed by atoms with Crippen molar-refractivity contribution in [3.05, 3.63) is 58.4 Å². The van der Waals surface area contributed by atoms with Crippen LogP contribution in [0.4, 0.5) is 4.39 Å². The number of benzene rings is 2. The Morgan fingerprint density at radius 2 is 1.97 bits per heavy atom. The number of nitriles is 2. The molecule has 1 aliphatic heterocycles. The van der Waals surface area contributed by atoms with E-state index in [2.05, 4.69) is 5.32 Å². The molecule has 3 rings (SSSR count). The summed E-state index contributed by atoms with van der Waals surface area (Å²) in [6.45, 7) is -0.622. The Balaban J connectivity index is 1.94. The highest BCUT2D eigenvalue weighted by atomic mass is 35.5. The molecule has 0 aromatic heterocycles. The number of hydrogen-bond acceptors (Lipinski definition) is 7. The summed E-state index contributed by atoms with van der Waals surface area (Å²) in [5.74, 6) is -1.09. The largest absolute Gasteiger partial charge is 0.487 e. The molecule has 0 aliphatic carbocycles. The average molecular weight is 525 g/mol. The van der Waals surface area contributed by atoms with Crippen LogP contribution < -0.4 is 10.1 Å². The molecule has 9 nitrogen and oxygen atoms in total. The van der Waals surface area contributed by atoms with Crippen molar-refractivity contribution in [2.75, 3.05) is 32.3 Å². The monoisotopic (exact) mass is 524 g/mol. The van der Waals surface area contributed by atoms with Crippen molar-refractivity contribution in [3.8, 4) is 17.9 Å². The summed E-state index contributed by atoms with van der Waals surface area (Å²) >= 11 is 5.91. The van der Waals surface area contributed by atoms with Crippen LogP contribution in [0.1, 0.15) is 11.1 Å². The van der Waals surface area contributed by atoms with Gasteiger partial charge < -0.3 is 14.8 Å². The molecule has 2 aromatic rings. The molecule has 1 saturated heterocycles. The Kier molecular flexibility index (Phi) is 8.78. The van der Waals surface area contributed by atoms with Crippen LogP contribution >= 0.6 is 20.2 Å². The van der Waals surface area contributed by atoms with Gasteiger partial charge in [-0.05, 0) is 30.3 Å². The van der Waals surface area contributed by atoms with Gasteiger partial charge in [0, 0.05) is 23.7 Å². The summed E-state index contributed by atoms with van der Waals surface area (Å²) in [4.78, 5) is 11.7. The molecule has 1 unspecified atom stereocenters. The minimum absolute atomic E-state index is 0.0120. The van der Waals surface area contributed by atoms with Gasteiger partial charge in [-0.25, -0.2) is 12.8 Å². The molecule has 1 aliphatic rings. The molecule has 34 heavy (non-hydrogen) atoms. The first kappa shape index (κ1) is 25.8. The standard InChI is InChI=1S/C21H19ClFN4O5PS/c22-16-2-4-20(15(5-16)8-25)34(29,30)27-9-18(10-31-11-21(28)26-12-33-13-27)32-17-3-1-14(7-24)19(23)6-17/h1-6,18,33H,9-13H2,(H,26,28)/t18-/m0/s1. The summed E-state index contributed by atoms with van der Waals surface area (Å²) in [6.07, 6.45) is -0.639. The highest BCUT2D eigenvalue weighted by Gasteiger charge is 2.31. The molecule has 1 amide bonds. The van der Waals surface area contributed by atoms with Crippen LogP contribution in [0.5, 0.6) is 5.75 Å². The molecule has 0 spiro atoms. The molecular formula is C21H19ClFN4O5PS. The van der Waals surface area contributed by atoms with E-state index < -0.39 is 21.9 Å². The van der Waals surface area contributed by atoms with E-state index in [-0.39, 0.29) is 73.6 Å². The van der Waals surface area contributed by atoms with Gasteiger partial charge in [-0.15, -0.1) is 0 Å². The predicted molar refractivity (Wildman–Crippen MR) is 123 cm³/mol. The Morgan fingerprint density at radius 3 is 2.68 bits per heavy atom. The second kappa shape index (κ2) is 11.6. The maximum absolute atomic E-state index is 14.0. The Bertz CT molecular complexity index is 1260. The number of sulfonamides is 1. The van der Waals surface area contributed by atoms with E-state index in [4.69, 9.17) is 26.3 Å². The van der Waals surface area contributed by atoms with Crippen molar-refractivity contribution < 1.29 is 27.1 Å². The minimum Gasteiger partial charge on any atom is -0.487 e. The number of rotatable bonds is 4. The van der Waals surface area contributed by atoms with E-state index in [9.17, 15) is 22.9 Å². The van der Waals surface area contributed by atoms with Gasteiger partial charge >= 0.3 is 0 Å². The second-order valence-corrected chi connectivity index (χ2v) is 10.6. The fourth-order valence-corrected chi connectivity index (χ4v) is 6.28. The van der Waals surface area contributed by atoms with Crippen molar-refractivity contribution >= 4 is 36.1 Å². The summed E-state index contributed by atoms with van der Waals surface area (Å²) in [7, 11) is -4.15. The summed E-state index contributed by atoms with van der Waals surface area (Å²) in [6, 6.07) is 11.1. The van der Waals surface area contributed by atoms with Crippen LogP contribution in [0.15, 0.2) is 41.3 Å². The lowest BCUT2D eigenvalue weighted by Gasteiger charge is -2.27. The van der Waals surface area contributed by atoms with Crippen LogP contribution in [0.25, 0.3) is 0 Å². The quantitative estimate of drug-likeness (QED) is 0.607. The number of amides is 1. The maximum Gasteiger partial charge on any atom is 0.246 e. The molecule has 2 aromatic carbocycles. The Morgan fingerprint density at radius 1 is 1.21 bits per heavy atom. The van der Waals surface area contributed by atoms with E-state index in [0.717, 1.165) is 10.4 Å². The molecule has 0 radical (unpaired) electrons. The topological polar surface area (TPSA) is 133 Å². The van der Waals surface area contributed by atoms with E-state index in [1.807, 2.05) is 6.07 Å². The Labute approximate surface area is 202 Å². The SMILES string of the molecule is N#Cc1ccc(O[C@@H]2COCC(=O)NCPCN(S(=O)(=O)c3ccc(Cl)cc3C#N)C2)cc1F. The van der Waals surface area contributed by atoms with Gasteiger partial charge in [-0.3, -0.25) is 4.79 Å². The van der Waals surface area contributed by atoms with Crippen molar-refractivity contribution in [1.29, 1.82) is 10.5 Å². The Hall–Kier alpha value is -2.79. The smallest absolute Gasteiger partial charge is 0.246 e. The van der Waals surface area contributed by atoms with Gasteiger partial charge in [0.15, 0.2) is 0 Å². The lowest BCUT2D eigenvalue weighted by atomic mass is 10.2. The highest BCUT2D eigenvalue weighted by Crippen LogP contribution is 2.27. The van der Waals surface area contributed by atoms with Crippen LogP contribution in [-0.4, -0.2) is 57.1 Å². The molecule has 0 saturated carbocycles. The third kappa shape index (κ3) is 6.41. The van der Waals surface area contributed by atoms with Crippen molar-refractivity contribution in [3.63, 3.8) is 0 Å². The second-order valence-electron chi connectivity index (χ2n) is 7.09. The number of nitrogens with one attached hydrogen (secondary N) is 1. The third-order valence-electron chi connectivity index (χ3n) is 4.69. The molecule has 1 fully saturated rings. The van der Waals surface area contributed by atoms with Crippen molar-refractivity contribution in [2.24, 2.45) is 0 Å². The number of halogens is 2. The van der Waals surface area contributed by atoms with E-state index >= 15 is 0 Å². The molecule has 2 atom stereocenters. The van der Waals surface area contributed by atoms with Gasteiger partial charge in [0.1, 0.15) is 41.3 Å². The van der Waals surface area contributed by atoms with Crippen molar-refractivity contribution in [2.45, 2.75) is 11.0 Å². The lowest BCUT2D eigenvalue weighted by molar-refractivity contribution is -0.126. The fourth-order valence-electron chi connectivity index (χ4n) is 3.08. The summed E-state index contributed by atoms with van der Waals surface area (Å²) in [5.41, 5.74) is -0.277. The average Bonchev–Trinajstić information content (AvgIpc) is 2.84. The molecule has 1 N–H and O–H groups in total. The van der Waals surface area contributed by atoms with E-state index in [1.165, 1.54) is 30.3 Å². The number of hydrogen-bond donors (Lipinski definition) is 1. The summed E-state index contributed by atoms with van der Waals surface area (Å²) < 4.78 is 53.3. The molecule has 0 bridgehead atoms. The van der Waals surface area contributed by atoms with Gasteiger partial charge in [0.05, 0.1) is 24.3 Å². The van der Waals surface area contributed by atoms with Gasteiger partial charge in [0.2, 0.25) is 15.9 Å². The highest BCUT2D eigenvalue weighted by molar-refractivity contribution is 7.89. The van der Waals surface area contributed by atoms with Crippen LogP contribution in [0, 0.1) is 28.5 Å². The first-order valence-corrected chi connectivity index (χ1v) is 13.1. The van der Waals surface area contributed by atoms with Crippen LogP contribution in [0.2, 0.25) is 5.02 Å². The predicted octanol–water partition coefficient (Wildman–Crippen LogP) is 2.40. The zero-order chi connectivity index (χ0) is 24.7. The first-order valence-electron chi connectivity index (χ1n) is 9.86. The number of ether oxygens (including phenoxy) is 2. The normalized spacial score (nSPS) is 18.8. The zero-order valence-electron chi connectivity index (χ0n) is 17.6. The lowest BCUT2D eigenvalue weighted by Crippen LogP contribution is -2.41.